The van der Waals surface area contributed by atoms with Gasteiger partial charge in [-0.1, -0.05) is 32.8 Å². The molecule has 0 fully saturated rings. The van der Waals surface area contributed by atoms with E-state index in [9.17, 15) is 0 Å². The molecule has 12 heavy (non-hydrogen) atoms. The van der Waals surface area contributed by atoms with E-state index in [-0.39, 0.29) is 0 Å². The fraction of sp³-hybridized carbons (Fsp3) is 0.818. The first kappa shape index (κ1) is 11.7. The van der Waals surface area contributed by atoms with Crippen LogP contribution in [0.3, 0.4) is 0 Å². The van der Waals surface area contributed by atoms with Crippen LogP contribution >= 0.6 is 0 Å². The Morgan fingerprint density at radius 2 is 1.92 bits per heavy atom. The van der Waals surface area contributed by atoms with Gasteiger partial charge in [-0.2, -0.15) is 0 Å². The van der Waals surface area contributed by atoms with Crippen molar-refractivity contribution in [3.8, 4) is 0 Å². The standard InChI is InChI=1S/C11H23N/c1-4-5-6-7-8-9-11(12)10(2)3/h4,10-11H,1,5-9,12H2,2-3H3. The van der Waals surface area contributed by atoms with Crippen molar-refractivity contribution in [3.05, 3.63) is 12.7 Å². The molecular formula is C11H23N. The van der Waals surface area contributed by atoms with Crippen LogP contribution in [0.25, 0.3) is 0 Å². The lowest BCUT2D eigenvalue weighted by Crippen LogP contribution is -2.25. The zero-order chi connectivity index (χ0) is 9.40. The number of hydrogen-bond donors (Lipinski definition) is 1. The molecule has 0 aromatic rings. The first-order valence-corrected chi connectivity index (χ1v) is 5.05. The Labute approximate surface area is 77.0 Å². The predicted octanol–water partition coefficient (Wildman–Crippen LogP) is 3.11. The molecule has 1 heteroatoms. The molecule has 0 aromatic carbocycles. The SMILES string of the molecule is C=CCCCCCC(N)C(C)C. The van der Waals surface area contributed by atoms with Crippen molar-refractivity contribution < 1.29 is 0 Å². The molecule has 0 bridgehead atoms. The van der Waals surface area contributed by atoms with Gasteiger partial charge in [0.15, 0.2) is 0 Å². The average molecular weight is 169 g/mol. The highest BCUT2D eigenvalue weighted by atomic mass is 14.6. The molecule has 0 rings (SSSR count). The van der Waals surface area contributed by atoms with Crippen LogP contribution in [0, 0.1) is 5.92 Å². The normalized spacial score (nSPS) is 13.3. The largest absolute Gasteiger partial charge is 0.327 e. The van der Waals surface area contributed by atoms with E-state index in [2.05, 4.69) is 20.4 Å². The molecule has 0 aliphatic carbocycles. The number of allylic oxidation sites excluding steroid dienone is 1. The van der Waals surface area contributed by atoms with Gasteiger partial charge in [-0.15, -0.1) is 6.58 Å². The van der Waals surface area contributed by atoms with Gasteiger partial charge in [-0.05, 0) is 25.2 Å². The van der Waals surface area contributed by atoms with Gasteiger partial charge in [0.2, 0.25) is 0 Å². The van der Waals surface area contributed by atoms with Gasteiger partial charge in [-0.25, -0.2) is 0 Å². The minimum atomic E-state index is 0.397. The third-order valence-electron chi connectivity index (χ3n) is 2.30. The summed E-state index contributed by atoms with van der Waals surface area (Å²) in [5.74, 6) is 0.629. The summed E-state index contributed by atoms with van der Waals surface area (Å²) in [7, 11) is 0. The van der Waals surface area contributed by atoms with Crippen LogP contribution in [0.4, 0.5) is 0 Å². The zero-order valence-electron chi connectivity index (χ0n) is 8.55. The second-order valence-corrected chi connectivity index (χ2v) is 3.83. The maximum Gasteiger partial charge on any atom is 0.00618 e. The molecule has 2 N–H and O–H groups in total. The monoisotopic (exact) mass is 169 g/mol. The summed E-state index contributed by atoms with van der Waals surface area (Å²) in [6.45, 7) is 8.07. The second-order valence-electron chi connectivity index (χ2n) is 3.83. The Bertz CT molecular complexity index is 108. The van der Waals surface area contributed by atoms with E-state index in [1.165, 1.54) is 25.7 Å². The first-order chi connectivity index (χ1) is 5.68. The van der Waals surface area contributed by atoms with Crippen LogP contribution in [0.5, 0.6) is 0 Å². The Morgan fingerprint density at radius 3 is 2.42 bits per heavy atom. The summed E-state index contributed by atoms with van der Waals surface area (Å²) in [5.41, 5.74) is 5.91. The van der Waals surface area contributed by atoms with E-state index in [4.69, 9.17) is 5.73 Å². The summed E-state index contributed by atoms with van der Waals surface area (Å²) in [6.07, 6.45) is 8.15. The topological polar surface area (TPSA) is 26.0 Å². The molecule has 0 saturated carbocycles. The summed E-state index contributed by atoms with van der Waals surface area (Å²) in [6, 6.07) is 0.397. The smallest absolute Gasteiger partial charge is 0.00618 e. The fourth-order valence-electron chi connectivity index (χ4n) is 1.18. The maximum atomic E-state index is 5.91. The van der Waals surface area contributed by atoms with E-state index in [1.54, 1.807) is 0 Å². The maximum absolute atomic E-state index is 5.91. The van der Waals surface area contributed by atoms with Crippen LogP contribution in [-0.2, 0) is 0 Å². The molecule has 0 radical (unpaired) electrons. The molecule has 0 amide bonds. The van der Waals surface area contributed by atoms with Crippen molar-refractivity contribution in [1.82, 2.24) is 0 Å². The van der Waals surface area contributed by atoms with Crippen molar-refractivity contribution in [2.75, 3.05) is 0 Å². The van der Waals surface area contributed by atoms with Crippen molar-refractivity contribution in [2.45, 2.75) is 52.0 Å². The zero-order valence-corrected chi connectivity index (χ0v) is 8.55. The van der Waals surface area contributed by atoms with Gasteiger partial charge in [0.1, 0.15) is 0 Å². The molecule has 0 aliphatic rings. The Kier molecular flexibility index (Phi) is 7.17. The number of nitrogens with two attached hydrogens (primary N) is 1. The number of hydrogen-bond acceptors (Lipinski definition) is 1. The fourth-order valence-corrected chi connectivity index (χ4v) is 1.18. The molecule has 0 saturated heterocycles. The molecule has 1 atom stereocenters. The van der Waals surface area contributed by atoms with Gasteiger partial charge in [0, 0.05) is 6.04 Å². The van der Waals surface area contributed by atoms with Gasteiger partial charge in [0.25, 0.3) is 0 Å². The minimum Gasteiger partial charge on any atom is -0.327 e. The lowest BCUT2D eigenvalue weighted by molar-refractivity contribution is 0.443. The molecule has 0 aromatic heterocycles. The van der Waals surface area contributed by atoms with Gasteiger partial charge >= 0.3 is 0 Å². The van der Waals surface area contributed by atoms with Crippen LogP contribution in [0.15, 0.2) is 12.7 Å². The van der Waals surface area contributed by atoms with Crippen LogP contribution in [0.2, 0.25) is 0 Å². The van der Waals surface area contributed by atoms with Crippen LogP contribution in [-0.4, -0.2) is 6.04 Å². The summed E-state index contributed by atoms with van der Waals surface area (Å²) in [4.78, 5) is 0. The average Bonchev–Trinajstić information content (AvgIpc) is 2.03. The third kappa shape index (κ3) is 6.41. The predicted molar refractivity (Wildman–Crippen MR) is 56.1 cm³/mol. The molecule has 1 unspecified atom stereocenters. The van der Waals surface area contributed by atoms with E-state index < -0.39 is 0 Å². The summed E-state index contributed by atoms with van der Waals surface area (Å²) >= 11 is 0. The number of rotatable bonds is 7. The molecule has 1 nitrogen and oxygen atoms in total. The molecular weight excluding hydrogens is 146 g/mol. The molecule has 0 heterocycles. The molecule has 0 spiro atoms. The van der Waals surface area contributed by atoms with E-state index in [1.807, 2.05) is 6.08 Å². The summed E-state index contributed by atoms with van der Waals surface area (Å²) in [5, 5.41) is 0. The minimum absolute atomic E-state index is 0.397. The van der Waals surface area contributed by atoms with Gasteiger partial charge in [-0.3, -0.25) is 0 Å². The first-order valence-electron chi connectivity index (χ1n) is 5.05. The van der Waals surface area contributed by atoms with E-state index >= 15 is 0 Å². The van der Waals surface area contributed by atoms with Crippen LogP contribution < -0.4 is 5.73 Å². The molecule has 0 aliphatic heterocycles. The van der Waals surface area contributed by atoms with Crippen molar-refractivity contribution in [3.63, 3.8) is 0 Å². The highest BCUT2D eigenvalue weighted by Gasteiger charge is 2.05. The quantitative estimate of drug-likeness (QED) is 0.460. The van der Waals surface area contributed by atoms with E-state index in [0.717, 1.165) is 6.42 Å². The Hall–Kier alpha value is -0.300. The Morgan fingerprint density at radius 1 is 1.25 bits per heavy atom. The van der Waals surface area contributed by atoms with E-state index in [0.29, 0.717) is 12.0 Å². The Balaban J connectivity index is 3.13. The second kappa shape index (κ2) is 7.35. The lowest BCUT2D eigenvalue weighted by atomic mass is 9.99. The highest BCUT2D eigenvalue weighted by molar-refractivity contribution is 4.67. The third-order valence-corrected chi connectivity index (χ3v) is 2.30. The van der Waals surface area contributed by atoms with Crippen molar-refractivity contribution in [1.29, 1.82) is 0 Å². The van der Waals surface area contributed by atoms with Gasteiger partial charge in [0.05, 0.1) is 0 Å². The van der Waals surface area contributed by atoms with Crippen LogP contribution in [0.1, 0.15) is 46.0 Å². The van der Waals surface area contributed by atoms with Crippen molar-refractivity contribution >= 4 is 0 Å². The molecule has 72 valence electrons. The highest BCUT2D eigenvalue weighted by Crippen LogP contribution is 2.09. The van der Waals surface area contributed by atoms with Crippen molar-refractivity contribution in [2.24, 2.45) is 11.7 Å². The number of unbranched alkanes of at least 4 members (excludes halogenated alkanes) is 3. The van der Waals surface area contributed by atoms with Gasteiger partial charge < -0.3 is 5.73 Å². The summed E-state index contributed by atoms with van der Waals surface area (Å²) < 4.78 is 0. The lowest BCUT2D eigenvalue weighted by Gasteiger charge is -2.14.